The van der Waals surface area contributed by atoms with Crippen molar-refractivity contribution in [3.05, 3.63) is 54.4 Å². The van der Waals surface area contributed by atoms with Gasteiger partial charge in [-0.05, 0) is 24.6 Å². The topological polar surface area (TPSA) is 69.9 Å². The summed E-state index contributed by atoms with van der Waals surface area (Å²) in [5.41, 5.74) is 9.25. The molecule has 2 heterocycles. The number of pyridine rings is 1. The van der Waals surface area contributed by atoms with Gasteiger partial charge in [0.1, 0.15) is 0 Å². The van der Waals surface area contributed by atoms with Crippen LogP contribution in [0.5, 0.6) is 0 Å². The van der Waals surface area contributed by atoms with Crippen molar-refractivity contribution in [1.82, 2.24) is 9.66 Å². The highest BCUT2D eigenvalue weighted by Gasteiger charge is 2.12. The summed E-state index contributed by atoms with van der Waals surface area (Å²) >= 11 is 0. The van der Waals surface area contributed by atoms with Crippen LogP contribution in [0.2, 0.25) is 0 Å². The molecule has 2 rings (SSSR count). The van der Waals surface area contributed by atoms with Gasteiger partial charge in [-0.3, -0.25) is 4.68 Å². The molecule has 0 spiro atoms. The van der Waals surface area contributed by atoms with Gasteiger partial charge in [0.25, 0.3) is 0 Å². The second-order valence-electron chi connectivity index (χ2n) is 3.90. The number of hydrogen-bond donors (Lipinski definition) is 2. The van der Waals surface area contributed by atoms with Crippen LogP contribution < -0.4 is 11.6 Å². The van der Waals surface area contributed by atoms with E-state index in [1.54, 1.807) is 18.5 Å². The number of nitrogen functional groups attached to an aromatic ring is 1. The second kappa shape index (κ2) is 4.79. The zero-order valence-corrected chi connectivity index (χ0v) is 10.3. The highest BCUT2D eigenvalue weighted by molar-refractivity contribution is 5.96. The molecule has 0 unspecified atom stereocenters. The van der Waals surface area contributed by atoms with Crippen molar-refractivity contribution in [2.24, 2.45) is 5.73 Å². The van der Waals surface area contributed by atoms with Gasteiger partial charge < -0.3 is 11.6 Å². The number of allylic oxidation sites excluding steroid dienone is 3. The Morgan fingerprint density at radius 2 is 2.28 bits per heavy atom. The molecular weight excluding hydrogens is 224 g/mol. The highest BCUT2D eigenvalue weighted by atomic mass is 15.3. The van der Waals surface area contributed by atoms with Crippen LogP contribution in [0.25, 0.3) is 22.8 Å². The van der Waals surface area contributed by atoms with Crippen LogP contribution >= 0.6 is 0 Å². The summed E-state index contributed by atoms with van der Waals surface area (Å²) < 4.78 is 1.48. The molecule has 0 saturated heterocycles. The summed E-state index contributed by atoms with van der Waals surface area (Å²) in [5, 5.41) is 0.924. The number of aromatic nitrogens is 2. The number of hydrogen-bond acceptors (Lipinski definition) is 3. The molecule has 18 heavy (non-hydrogen) atoms. The van der Waals surface area contributed by atoms with E-state index < -0.39 is 0 Å². The standard InChI is InChI=1S/C14H16N4/c1-3-5-6-12(15)11-9-18(16)14-13(11)10(4-2)7-8-17-14/h3-9H,2,15-16H2,1H3/b5-3-,12-6-. The Kier molecular flexibility index (Phi) is 3.19. The molecule has 0 amide bonds. The summed E-state index contributed by atoms with van der Waals surface area (Å²) in [6, 6.07) is 1.89. The third-order valence-electron chi connectivity index (χ3n) is 2.74. The van der Waals surface area contributed by atoms with Crippen molar-refractivity contribution in [2.75, 3.05) is 5.84 Å². The van der Waals surface area contributed by atoms with E-state index in [-0.39, 0.29) is 0 Å². The first-order chi connectivity index (χ1) is 8.69. The molecule has 0 aromatic carbocycles. The Labute approximate surface area is 106 Å². The molecule has 0 aliphatic rings. The van der Waals surface area contributed by atoms with Gasteiger partial charge >= 0.3 is 0 Å². The van der Waals surface area contributed by atoms with E-state index in [0.29, 0.717) is 11.3 Å². The highest BCUT2D eigenvalue weighted by Crippen LogP contribution is 2.26. The van der Waals surface area contributed by atoms with E-state index in [9.17, 15) is 0 Å². The maximum Gasteiger partial charge on any atom is 0.159 e. The number of fused-ring (bicyclic) bond motifs is 1. The van der Waals surface area contributed by atoms with Crippen LogP contribution in [-0.2, 0) is 0 Å². The van der Waals surface area contributed by atoms with E-state index in [2.05, 4.69) is 11.6 Å². The van der Waals surface area contributed by atoms with E-state index in [1.807, 2.05) is 31.2 Å². The van der Waals surface area contributed by atoms with Gasteiger partial charge in [0.05, 0.1) is 0 Å². The minimum absolute atomic E-state index is 0.651. The van der Waals surface area contributed by atoms with Gasteiger partial charge in [-0.2, -0.15) is 0 Å². The predicted molar refractivity (Wildman–Crippen MR) is 77.0 cm³/mol. The van der Waals surface area contributed by atoms with Crippen molar-refractivity contribution < 1.29 is 0 Å². The Morgan fingerprint density at radius 3 is 2.94 bits per heavy atom. The first-order valence-corrected chi connectivity index (χ1v) is 5.65. The monoisotopic (exact) mass is 240 g/mol. The first kappa shape index (κ1) is 12.0. The van der Waals surface area contributed by atoms with Crippen LogP contribution in [-0.4, -0.2) is 9.66 Å². The normalized spacial score (nSPS) is 12.4. The van der Waals surface area contributed by atoms with Gasteiger partial charge in [-0.25, -0.2) is 4.98 Å². The minimum Gasteiger partial charge on any atom is -0.398 e. The second-order valence-corrected chi connectivity index (χ2v) is 3.90. The molecule has 2 aromatic rings. The lowest BCUT2D eigenvalue weighted by Crippen LogP contribution is -2.06. The maximum atomic E-state index is 6.06. The fraction of sp³-hybridized carbons (Fsp3) is 0.0714. The van der Waals surface area contributed by atoms with E-state index in [0.717, 1.165) is 16.5 Å². The Bertz CT molecular complexity index is 647. The average molecular weight is 240 g/mol. The molecule has 0 aliphatic carbocycles. The Hall–Kier alpha value is -2.49. The molecule has 0 aliphatic heterocycles. The fourth-order valence-corrected chi connectivity index (χ4v) is 1.88. The molecule has 0 bridgehead atoms. The smallest absolute Gasteiger partial charge is 0.159 e. The maximum absolute atomic E-state index is 6.06. The molecule has 4 heteroatoms. The molecule has 4 N–H and O–H groups in total. The average Bonchev–Trinajstić information content (AvgIpc) is 2.74. The van der Waals surface area contributed by atoms with E-state index in [1.165, 1.54) is 4.68 Å². The summed E-state index contributed by atoms with van der Waals surface area (Å²) in [4.78, 5) is 4.26. The molecule has 0 saturated carbocycles. The number of nitrogens with zero attached hydrogens (tertiary/aromatic N) is 2. The lowest BCUT2D eigenvalue weighted by molar-refractivity contribution is 1.03. The van der Waals surface area contributed by atoms with Crippen LogP contribution in [0.1, 0.15) is 18.1 Å². The predicted octanol–water partition coefficient (Wildman–Crippen LogP) is 2.27. The minimum atomic E-state index is 0.651. The lowest BCUT2D eigenvalue weighted by Gasteiger charge is -2.01. The molecule has 0 atom stereocenters. The van der Waals surface area contributed by atoms with Crippen molar-refractivity contribution >= 4 is 22.8 Å². The summed E-state index contributed by atoms with van der Waals surface area (Å²) in [5.74, 6) is 5.89. The van der Waals surface area contributed by atoms with Crippen LogP contribution in [0.4, 0.5) is 0 Å². The van der Waals surface area contributed by atoms with Crippen LogP contribution in [0.3, 0.4) is 0 Å². The molecular formula is C14H16N4. The van der Waals surface area contributed by atoms with E-state index >= 15 is 0 Å². The van der Waals surface area contributed by atoms with Crippen LogP contribution in [0, 0.1) is 0 Å². The zero-order valence-electron chi connectivity index (χ0n) is 10.3. The van der Waals surface area contributed by atoms with E-state index in [4.69, 9.17) is 11.6 Å². The van der Waals surface area contributed by atoms with Gasteiger partial charge in [0.2, 0.25) is 0 Å². The quantitative estimate of drug-likeness (QED) is 0.638. The summed E-state index contributed by atoms with van der Waals surface area (Å²) in [6.45, 7) is 5.74. The molecule has 2 aromatic heterocycles. The third-order valence-corrected chi connectivity index (χ3v) is 2.74. The lowest BCUT2D eigenvalue weighted by atomic mass is 10.1. The molecule has 4 nitrogen and oxygen atoms in total. The largest absolute Gasteiger partial charge is 0.398 e. The van der Waals surface area contributed by atoms with Crippen molar-refractivity contribution in [3.8, 4) is 0 Å². The first-order valence-electron chi connectivity index (χ1n) is 5.65. The molecule has 0 radical (unpaired) electrons. The van der Waals surface area contributed by atoms with Gasteiger partial charge in [-0.1, -0.05) is 24.8 Å². The van der Waals surface area contributed by atoms with Gasteiger partial charge in [0.15, 0.2) is 5.65 Å². The fourth-order valence-electron chi connectivity index (χ4n) is 1.88. The third kappa shape index (κ3) is 1.88. The molecule has 92 valence electrons. The SMILES string of the molecule is C=Cc1ccnc2c1c(/C(N)=C/C=C\C)cn2N. The van der Waals surface area contributed by atoms with Crippen molar-refractivity contribution in [2.45, 2.75) is 6.92 Å². The Balaban J connectivity index is 2.75. The van der Waals surface area contributed by atoms with Gasteiger partial charge in [0, 0.05) is 29.0 Å². The van der Waals surface area contributed by atoms with Crippen molar-refractivity contribution in [3.63, 3.8) is 0 Å². The summed E-state index contributed by atoms with van der Waals surface area (Å²) in [7, 11) is 0. The Morgan fingerprint density at radius 1 is 1.50 bits per heavy atom. The summed E-state index contributed by atoms with van der Waals surface area (Å²) in [6.07, 6.45) is 10.9. The van der Waals surface area contributed by atoms with Crippen molar-refractivity contribution in [1.29, 1.82) is 0 Å². The number of rotatable bonds is 3. The van der Waals surface area contributed by atoms with Crippen LogP contribution in [0.15, 0.2) is 43.3 Å². The number of nitrogens with two attached hydrogens (primary N) is 2. The van der Waals surface area contributed by atoms with Gasteiger partial charge in [-0.15, -0.1) is 0 Å². The molecule has 0 fully saturated rings. The zero-order chi connectivity index (χ0) is 13.1.